The number of nitrogens with one attached hydrogen (secondary N) is 1. The Kier molecular flexibility index (Phi) is 4.34. The van der Waals surface area contributed by atoms with Crippen LogP contribution in [0.1, 0.15) is 56.4 Å². The number of hydrogen-bond donors (Lipinski definition) is 2. The average molecular weight is 294 g/mol. The third-order valence-electron chi connectivity index (χ3n) is 4.98. The summed E-state index contributed by atoms with van der Waals surface area (Å²) in [7, 11) is 0. The van der Waals surface area contributed by atoms with Crippen molar-refractivity contribution in [1.29, 1.82) is 0 Å². The van der Waals surface area contributed by atoms with Crippen molar-refractivity contribution in [3.05, 3.63) is 34.9 Å². The van der Waals surface area contributed by atoms with Gasteiger partial charge in [-0.15, -0.1) is 0 Å². The molecule has 2 N–H and O–H groups in total. The molecule has 3 heteroatoms. The van der Waals surface area contributed by atoms with Crippen molar-refractivity contribution in [2.75, 3.05) is 6.54 Å². The first-order valence-electron chi connectivity index (χ1n) is 7.86. The zero-order valence-electron chi connectivity index (χ0n) is 11.9. The number of halogens is 1. The first-order valence-corrected chi connectivity index (χ1v) is 8.24. The lowest BCUT2D eigenvalue weighted by atomic mass is 9.75. The molecule has 0 heterocycles. The molecule has 2 nitrogen and oxygen atoms in total. The maximum Gasteiger partial charge on any atom is 0.0771 e. The van der Waals surface area contributed by atoms with Crippen molar-refractivity contribution >= 4 is 11.6 Å². The SMILES string of the molecule is OC1(CNC2CC(c3ccc(Cl)cc3)C2)CCCCC1. The van der Waals surface area contributed by atoms with Crippen LogP contribution in [0.25, 0.3) is 0 Å². The Morgan fingerprint density at radius 3 is 2.40 bits per heavy atom. The van der Waals surface area contributed by atoms with Crippen LogP contribution in [0, 0.1) is 0 Å². The summed E-state index contributed by atoms with van der Waals surface area (Å²) in [5, 5.41) is 14.8. The second kappa shape index (κ2) is 6.05. The lowest BCUT2D eigenvalue weighted by Gasteiger charge is -2.40. The Hall–Kier alpha value is -0.570. The molecule has 2 aliphatic rings. The number of aliphatic hydroxyl groups is 1. The molecule has 0 spiro atoms. The summed E-state index contributed by atoms with van der Waals surface area (Å²) < 4.78 is 0. The fourth-order valence-electron chi connectivity index (χ4n) is 3.51. The topological polar surface area (TPSA) is 32.3 Å². The predicted molar refractivity (Wildman–Crippen MR) is 83.3 cm³/mol. The lowest BCUT2D eigenvalue weighted by Crippen LogP contribution is -2.49. The van der Waals surface area contributed by atoms with Crippen LogP contribution in [0.4, 0.5) is 0 Å². The van der Waals surface area contributed by atoms with Gasteiger partial charge in [0.1, 0.15) is 0 Å². The molecular weight excluding hydrogens is 270 g/mol. The van der Waals surface area contributed by atoms with Crippen LogP contribution in [0.3, 0.4) is 0 Å². The Morgan fingerprint density at radius 2 is 1.75 bits per heavy atom. The molecule has 0 aromatic heterocycles. The van der Waals surface area contributed by atoms with Gasteiger partial charge in [0.05, 0.1) is 5.60 Å². The molecule has 110 valence electrons. The van der Waals surface area contributed by atoms with Gasteiger partial charge in [-0.25, -0.2) is 0 Å². The van der Waals surface area contributed by atoms with E-state index in [4.69, 9.17) is 11.6 Å². The van der Waals surface area contributed by atoms with Crippen molar-refractivity contribution in [2.24, 2.45) is 0 Å². The van der Waals surface area contributed by atoms with Gasteiger partial charge in [-0.05, 0) is 49.3 Å². The zero-order chi connectivity index (χ0) is 14.0. The van der Waals surface area contributed by atoms with E-state index in [0.29, 0.717) is 12.0 Å². The van der Waals surface area contributed by atoms with Crippen LogP contribution < -0.4 is 5.32 Å². The highest BCUT2D eigenvalue weighted by atomic mass is 35.5. The molecule has 0 aliphatic heterocycles. The van der Waals surface area contributed by atoms with Crippen LogP contribution in [-0.2, 0) is 0 Å². The van der Waals surface area contributed by atoms with E-state index in [0.717, 1.165) is 24.4 Å². The van der Waals surface area contributed by atoms with E-state index in [9.17, 15) is 5.11 Å². The number of rotatable bonds is 4. The van der Waals surface area contributed by atoms with E-state index >= 15 is 0 Å². The molecule has 2 saturated carbocycles. The van der Waals surface area contributed by atoms with Gasteiger partial charge >= 0.3 is 0 Å². The molecule has 0 atom stereocenters. The fourth-order valence-corrected chi connectivity index (χ4v) is 3.64. The minimum atomic E-state index is -0.441. The molecule has 2 aliphatic carbocycles. The van der Waals surface area contributed by atoms with Gasteiger partial charge in [0.2, 0.25) is 0 Å². The van der Waals surface area contributed by atoms with Crippen LogP contribution in [0.2, 0.25) is 5.02 Å². The smallest absolute Gasteiger partial charge is 0.0771 e. The minimum absolute atomic E-state index is 0.441. The zero-order valence-corrected chi connectivity index (χ0v) is 12.7. The Balaban J connectivity index is 1.43. The van der Waals surface area contributed by atoms with E-state index in [2.05, 4.69) is 17.4 Å². The predicted octanol–water partition coefficient (Wildman–Crippen LogP) is 3.87. The van der Waals surface area contributed by atoms with E-state index < -0.39 is 5.60 Å². The maximum atomic E-state index is 10.5. The maximum absolute atomic E-state index is 10.5. The molecule has 0 unspecified atom stereocenters. The van der Waals surface area contributed by atoms with Crippen molar-refractivity contribution in [3.63, 3.8) is 0 Å². The third-order valence-corrected chi connectivity index (χ3v) is 5.24. The summed E-state index contributed by atoms with van der Waals surface area (Å²) in [5.74, 6) is 0.658. The van der Waals surface area contributed by atoms with Crippen molar-refractivity contribution < 1.29 is 5.11 Å². The molecule has 1 aromatic carbocycles. The molecule has 0 amide bonds. The molecule has 0 bridgehead atoms. The summed E-state index contributed by atoms with van der Waals surface area (Å²) in [6.45, 7) is 0.769. The second-order valence-electron chi connectivity index (χ2n) is 6.58. The van der Waals surface area contributed by atoms with Gasteiger partial charge in [-0.2, -0.15) is 0 Å². The van der Waals surface area contributed by atoms with Gasteiger partial charge in [-0.1, -0.05) is 43.0 Å². The van der Waals surface area contributed by atoms with Crippen LogP contribution >= 0.6 is 11.6 Å². The van der Waals surface area contributed by atoms with Crippen molar-refractivity contribution in [1.82, 2.24) is 5.32 Å². The first kappa shape index (κ1) is 14.4. The Labute approximate surface area is 126 Å². The lowest BCUT2D eigenvalue weighted by molar-refractivity contribution is -0.000286. The second-order valence-corrected chi connectivity index (χ2v) is 7.02. The molecule has 3 rings (SSSR count). The third kappa shape index (κ3) is 3.36. The standard InChI is InChI=1S/C17H24ClNO/c18-15-6-4-13(5-7-15)14-10-16(11-14)19-12-17(20)8-2-1-3-9-17/h4-7,14,16,19-20H,1-3,8-12H2. The highest BCUT2D eigenvalue weighted by molar-refractivity contribution is 6.30. The number of hydrogen-bond acceptors (Lipinski definition) is 2. The monoisotopic (exact) mass is 293 g/mol. The highest BCUT2D eigenvalue weighted by Gasteiger charge is 2.34. The quantitative estimate of drug-likeness (QED) is 0.883. The minimum Gasteiger partial charge on any atom is -0.389 e. The van der Waals surface area contributed by atoms with Crippen LogP contribution in [0.5, 0.6) is 0 Å². The van der Waals surface area contributed by atoms with Crippen molar-refractivity contribution in [3.8, 4) is 0 Å². The largest absolute Gasteiger partial charge is 0.389 e. The van der Waals surface area contributed by atoms with Crippen molar-refractivity contribution in [2.45, 2.75) is 62.5 Å². The van der Waals surface area contributed by atoms with Gasteiger partial charge in [0.25, 0.3) is 0 Å². The Morgan fingerprint density at radius 1 is 1.10 bits per heavy atom. The molecule has 1 aromatic rings. The molecule has 20 heavy (non-hydrogen) atoms. The van der Waals surface area contributed by atoms with Gasteiger partial charge in [-0.3, -0.25) is 0 Å². The summed E-state index contributed by atoms with van der Waals surface area (Å²) in [5.41, 5.74) is 0.952. The van der Waals surface area contributed by atoms with Gasteiger partial charge in [0, 0.05) is 17.6 Å². The summed E-state index contributed by atoms with van der Waals surface area (Å²) >= 11 is 5.92. The van der Waals surface area contributed by atoms with E-state index in [1.54, 1.807) is 0 Å². The first-order chi connectivity index (χ1) is 9.65. The van der Waals surface area contributed by atoms with Gasteiger partial charge in [0.15, 0.2) is 0 Å². The van der Waals surface area contributed by atoms with Crippen LogP contribution in [0.15, 0.2) is 24.3 Å². The van der Waals surface area contributed by atoms with Gasteiger partial charge < -0.3 is 10.4 Å². The normalized spacial score (nSPS) is 28.9. The summed E-state index contributed by atoms with van der Waals surface area (Å²) in [6.07, 6.45) is 7.92. The van der Waals surface area contributed by atoms with E-state index in [1.807, 2.05) is 12.1 Å². The van der Waals surface area contributed by atoms with E-state index in [1.165, 1.54) is 37.7 Å². The molecule has 2 fully saturated rings. The summed E-state index contributed by atoms with van der Waals surface area (Å²) in [4.78, 5) is 0. The number of benzene rings is 1. The molecule has 0 saturated heterocycles. The summed E-state index contributed by atoms with van der Waals surface area (Å²) in [6, 6.07) is 8.79. The average Bonchev–Trinajstić information content (AvgIpc) is 2.40. The van der Waals surface area contributed by atoms with Crippen LogP contribution in [-0.4, -0.2) is 23.3 Å². The molecule has 0 radical (unpaired) electrons. The highest BCUT2D eigenvalue weighted by Crippen LogP contribution is 2.37. The fraction of sp³-hybridized carbons (Fsp3) is 0.647. The Bertz CT molecular complexity index is 433. The molecular formula is C17H24ClNO. The van der Waals surface area contributed by atoms with E-state index in [-0.39, 0.29) is 0 Å².